The van der Waals surface area contributed by atoms with E-state index in [-0.39, 0.29) is 12.1 Å². The summed E-state index contributed by atoms with van der Waals surface area (Å²) in [5.41, 5.74) is 7.43. The summed E-state index contributed by atoms with van der Waals surface area (Å²) in [5, 5.41) is 11.4. The van der Waals surface area contributed by atoms with E-state index >= 15 is 0 Å². The summed E-state index contributed by atoms with van der Waals surface area (Å²) in [6.07, 6.45) is -0.380. The van der Waals surface area contributed by atoms with Crippen LogP contribution < -0.4 is 11.2 Å². The Hall–Kier alpha value is -2.06. The second-order valence-corrected chi connectivity index (χ2v) is 6.00. The lowest BCUT2D eigenvalue weighted by Crippen LogP contribution is -2.27. The molecule has 0 spiro atoms. The van der Waals surface area contributed by atoms with Crippen molar-refractivity contribution >= 4 is 39.2 Å². The molecule has 0 radical (unpaired) electrons. The molecule has 0 aliphatic carbocycles. The minimum absolute atomic E-state index is 0.114. The van der Waals surface area contributed by atoms with Crippen molar-refractivity contribution in [3.05, 3.63) is 68.4 Å². The Balaban J connectivity index is 2.53. The molecule has 0 aliphatic rings. The Morgan fingerprint density at radius 3 is 2.54 bits per heavy atom. The van der Waals surface area contributed by atoms with Gasteiger partial charge in [-0.15, -0.1) is 0 Å². The summed E-state index contributed by atoms with van der Waals surface area (Å²) in [5.74, 6) is -3.85. The normalized spacial score (nSPS) is 11.5. The Morgan fingerprint density at radius 1 is 1.21 bits per heavy atom. The highest BCUT2D eigenvalue weighted by molar-refractivity contribution is 9.10. The van der Waals surface area contributed by atoms with E-state index in [1.165, 1.54) is 6.07 Å². The van der Waals surface area contributed by atoms with E-state index in [4.69, 9.17) is 22.7 Å². The number of benzene rings is 2. The SMILES string of the molecule is N=C(N)NN=C(Cc1c(F)ccc(F)c1F)c1cc(Cl)ccc1Br. The minimum atomic E-state index is -1.30. The smallest absolute Gasteiger partial charge is 0.206 e. The number of nitrogens with one attached hydrogen (secondary N) is 2. The maximum absolute atomic E-state index is 13.9. The quantitative estimate of drug-likeness (QED) is 0.304. The van der Waals surface area contributed by atoms with Gasteiger partial charge in [0.05, 0.1) is 5.71 Å². The number of nitrogens with two attached hydrogens (primary N) is 1. The molecule has 0 saturated carbocycles. The Labute approximate surface area is 149 Å². The molecule has 0 aromatic heterocycles. The number of hydrogen-bond donors (Lipinski definition) is 3. The largest absolute Gasteiger partial charge is 0.369 e. The first-order chi connectivity index (χ1) is 11.3. The van der Waals surface area contributed by atoms with Crippen LogP contribution in [-0.4, -0.2) is 11.7 Å². The maximum Gasteiger partial charge on any atom is 0.206 e. The van der Waals surface area contributed by atoms with Gasteiger partial charge in [-0.1, -0.05) is 27.5 Å². The summed E-state index contributed by atoms with van der Waals surface area (Å²) in [6.45, 7) is 0. The van der Waals surface area contributed by atoms with E-state index < -0.39 is 29.0 Å². The molecule has 24 heavy (non-hydrogen) atoms. The van der Waals surface area contributed by atoms with Crippen molar-refractivity contribution in [3.63, 3.8) is 0 Å². The van der Waals surface area contributed by atoms with Crippen LogP contribution in [0.15, 0.2) is 39.9 Å². The fraction of sp³-hybridized carbons (Fsp3) is 0.0667. The van der Waals surface area contributed by atoms with E-state index in [2.05, 4.69) is 26.5 Å². The second kappa shape index (κ2) is 7.67. The number of guanidine groups is 1. The standard InChI is InChI=1S/C15H11BrClF3N4/c16-10-2-1-7(17)5-8(10)13(23-24-15(21)22)6-9-11(18)3-4-12(19)14(9)20/h1-5H,6H2,(H4,21,22,24). The fourth-order valence-corrected chi connectivity index (χ4v) is 2.59. The van der Waals surface area contributed by atoms with Crippen LogP contribution in [0.1, 0.15) is 11.1 Å². The van der Waals surface area contributed by atoms with Crippen LogP contribution in [0.4, 0.5) is 13.2 Å². The molecular weight excluding hydrogens is 409 g/mol. The first-order valence-corrected chi connectivity index (χ1v) is 7.71. The van der Waals surface area contributed by atoms with Crippen LogP contribution in [0.2, 0.25) is 5.02 Å². The lowest BCUT2D eigenvalue weighted by Gasteiger charge is -2.12. The zero-order valence-corrected chi connectivity index (χ0v) is 14.4. The van der Waals surface area contributed by atoms with Gasteiger partial charge in [-0.3, -0.25) is 5.41 Å². The van der Waals surface area contributed by atoms with E-state index in [9.17, 15) is 13.2 Å². The molecule has 0 unspecified atom stereocenters. The summed E-state index contributed by atoms with van der Waals surface area (Å²) in [4.78, 5) is 0. The number of halogens is 5. The third-order valence-electron chi connectivity index (χ3n) is 3.03. The Bertz CT molecular complexity index is 827. The third-order valence-corrected chi connectivity index (χ3v) is 3.96. The second-order valence-electron chi connectivity index (χ2n) is 4.71. The molecule has 0 atom stereocenters. The Morgan fingerprint density at radius 2 is 1.88 bits per heavy atom. The van der Waals surface area contributed by atoms with Crippen LogP contribution >= 0.6 is 27.5 Å². The van der Waals surface area contributed by atoms with Crippen LogP contribution in [-0.2, 0) is 6.42 Å². The molecule has 9 heteroatoms. The van der Waals surface area contributed by atoms with Crippen LogP contribution in [0.5, 0.6) is 0 Å². The number of hydrazone groups is 1. The van der Waals surface area contributed by atoms with Crippen molar-refractivity contribution in [2.75, 3.05) is 0 Å². The zero-order chi connectivity index (χ0) is 17.9. The molecule has 0 bridgehead atoms. The van der Waals surface area contributed by atoms with E-state index in [0.29, 0.717) is 21.1 Å². The monoisotopic (exact) mass is 418 g/mol. The van der Waals surface area contributed by atoms with Crippen molar-refractivity contribution in [1.29, 1.82) is 5.41 Å². The molecule has 0 amide bonds. The molecule has 126 valence electrons. The number of nitrogens with zero attached hydrogens (tertiary/aromatic N) is 1. The zero-order valence-electron chi connectivity index (χ0n) is 12.0. The van der Waals surface area contributed by atoms with Gasteiger partial charge in [-0.2, -0.15) is 5.10 Å². The third kappa shape index (κ3) is 4.27. The average Bonchev–Trinajstić information content (AvgIpc) is 2.53. The predicted octanol–water partition coefficient (Wildman–Crippen LogP) is 3.95. The highest BCUT2D eigenvalue weighted by Gasteiger charge is 2.19. The Kier molecular flexibility index (Phi) is 5.84. The fourth-order valence-electron chi connectivity index (χ4n) is 1.94. The van der Waals surface area contributed by atoms with Crippen molar-refractivity contribution in [1.82, 2.24) is 5.43 Å². The predicted molar refractivity (Wildman–Crippen MR) is 90.8 cm³/mol. The van der Waals surface area contributed by atoms with E-state index in [1.54, 1.807) is 12.1 Å². The molecule has 2 aromatic rings. The first kappa shape index (κ1) is 18.3. The molecule has 0 saturated heterocycles. The average molecular weight is 420 g/mol. The number of hydrogen-bond acceptors (Lipinski definition) is 2. The van der Waals surface area contributed by atoms with Gasteiger partial charge in [0.15, 0.2) is 11.6 Å². The molecular formula is C15H11BrClF3N4. The van der Waals surface area contributed by atoms with Gasteiger partial charge in [0.1, 0.15) is 5.82 Å². The molecule has 0 aliphatic heterocycles. The van der Waals surface area contributed by atoms with Gasteiger partial charge in [0, 0.05) is 27.0 Å². The van der Waals surface area contributed by atoms with Gasteiger partial charge in [0.2, 0.25) is 5.96 Å². The van der Waals surface area contributed by atoms with Crippen molar-refractivity contribution in [2.45, 2.75) is 6.42 Å². The summed E-state index contributed by atoms with van der Waals surface area (Å²) < 4.78 is 41.8. The van der Waals surface area contributed by atoms with Gasteiger partial charge in [0.25, 0.3) is 0 Å². The van der Waals surface area contributed by atoms with Crippen LogP contribution in [0.3, 0.4) is 0 Å². The van der Waals surface area contributed by atoms with Crippen molar-refractivity contribution in [3.8, 4) is 0 Å². The van der Waals surface area contributed by atoms with Gasteiger partial charge < -0.3 is 5.73 Å². The highest BCUT2D eigenvalue weighted by atomic mass is 79.9. The molecule has 0 heterocycles. The van der Waals surface area contributed by atoms with E-state index in [0.717, 1.165) is 6.07 Å². The van der Waals surface area contributed by atoms with Gasteiger partial charge >= 0.3 is 0 Å². The topological polar surface area (TPSA) is 74.3 Å². The summed E-state index contributed by atoms with van der Waals surface area (Å²) in [7, 11) is 0. The van der Waals surface area contributed by atoms with Crippen LogP contribution in [0, 0.1) is 22.9 Å². The van der Waals surface area contributed by atoms with Gasteiger partial charge in [-0.25, -0.2) is 18.6 Å². The highest BCUT2D eigenvalue weighted by Crippen LogP contribution is 2.25. The molecule has 4 nitrogen and oxygen atoms in total. The summed E-state index contributed by atoms with van der Waals surface area (Å²) >= 11 is 9.23. The molecule has 4 N–H and O–H groups in total. The lowest BCUT2D eigenvalue weighted by molar-refractivity contribution is 0.484. The molecule has 2 rings (SSSR count). The van der Waals surface area contributed by atoms with Gasteiger partial charge in [-0.05, 0) is 30.3 Å². The van der Waals surface area contributed by atoms with Crippen molar-refractivity contribution in [2.24, 2.45) is 10.8 Å². The number of rotatable bonds is 4. The van der Waals surface area contributed by atoms with Crippen molar-refractivity contribution < 1.29 is 13.2 Å². The molecule has 2 aromatic carbocycles. The lowest BCUT2D eigenvalue weighted by atomic mass is 10.0. The van der Waals surface area contributed by atoms with Crippen LogP contribution in [0.25, 0.3) is 0 Å². The summed E-state index contributed by atoms with van der Waals surface area (Å²) in [6, 6.07) is 6.28. The van der Waals surface area contributed by atoms with E-state index in [1.807, 2.05) is 0 Å². The maximum atomic E-state index is 13.9. The minimum Gasteiger partial charge on any atom is -0.369 e. The molecule has 0 fully saturated rings. The first-order valence-electron chi connectivity index (χ1n) is 6.54.